The summed E-state index contributed by atoms with van der Waals surface area (Å²) in [6, 6.07) is 13.7. The summed E-state index contributed by atoms with van der Waals surface area (Å²) < 4.78 is 12.3. The van der Waals surface area contributed by atoms with E-state index in [9.17, 15) is 0 Å². The molecular formula is C18H20BrNO2S. The average molecular weight is 394 g/mol. The van der Waals surface area contributed by atoms with Crippen LogP contribution in [0.4, 0.5) is 0 Å². The van der Waals surface area contributed by atoms with Gasteiger partial charge in [-0.1, -0.05) is 54.1 Å². The molecule has 0 saturated carbocycles. The molecule has 0 aliphatic rings. The van der Waals surface area contributed by atoms with E-state index < -0.39 is 0 Å². The quantitative estimate of drug-likeness (QED) is 0.548. The molecule has 0 aromatic heterocycles. The highest BCUT2D eigenvalue weighted by Crippen LogP contribution is 2.23. The molecule has 0 saturated heterocycles. The van der Waals surface area contributed by atoms with E-state index >= 15 is 0 Å². The van der Waals surface area contributed by atoms with E-state index in [4.69, 9.17) is 27.4 Å². The lowest BCUT2D eigenvalue weighted by Gasteiger charge is -2.12. The van der Waals surface area contributed by atoms with Gasteiger partial charge in [0.25, 0.3) is 0 Å². The van der Waals surface area contributed by atoms with E-state index in [0.717, 1.165) is 15.8 Å². The van der Waals surface area contributed by atoms with E-state index in [0.29, 0.717) is 29.9 Å². The van der Waals surface area contributed by atoms with Crippen LogP contribution in [-0.4, -0.2) is 18.2 Å². The zero-order valence-electron chi connectivity index (χ0n) is 13.2. The second-order valence-electron chi connectivity index (χ2n) is 5.43. The minimum absolute atomic E-state index is 0.312. The van der Waals surface area contributed by atoms with Gasteiger partial charge in [0.1, 0.15) is 29.7 Å². The first-order valence-corrected chi connectivity index (χ1v) is 8.62. The number of rotatable bonds is 7. The number of thiocarbonyl (C=S) groups is 1. The van der Waals surface area contributed by atoms with Gasteiger partial charge >= 0.3 is 0 Å². The lowest BCUT2D eigenvalue weighted by Crippen LogP contribution is -2.14. The lowest BCUT2D eigenvalue weighted by molar-refractivity contribution is 0.217. The van der Waals surface area contributed by atoms with E-state index in [-0.39, 0.29) is 0 Å². The maximum absolute atomic E-state index is 5.72. The van der Waals surface area contributed by atoms with Gasteiger partial charge in [-0.2, -0.15) is 0 Å². The molecule has 0 fully saturated rings. The number of halogens is 1. The Kier molecular flexibility index (Phi) is 6.42. The van der Waals surface area contributed by atoms with Crippen molar-refractivity contribution >= 4 is 33.1 Å². The van der Waals surface area contributed by atoms with E-state index in [1.165, 1.54) is 5.56 Å². The summed E-state index contributed by atoms with van der Waals surface area (Å²) in [6.07, 6.45) is 0. The maximum atomic E-state index is 5.72. The molecule has 0 heterocycles. The van der Waals surface area contributed by atoms with Gasteiger partial charge < -0.3 is 15.2 Å². The van der Waals surface area contributed by atoms with Crippen molar-refractivity contribution in [1.82, 2.24) is 0 Å². The fraction of sp³-hybridized carbons (Fsp3) is 0.278. The average Bonchev–Trinajstić information content (AvgIpc) is 2.53. The van der Waals surface area contributed by atoms with Crippen molar-refractivity contribution in [3.8, 4) is 11.5 Å². The SMILES string of the molecule is CC(C)c1ccc(OCCOc2ccc(Br)cc2C(N)=S)cc1. The van der Waals surface area contributed by atoms with Gasteiger partial charge in [-0.3, -0.25) is 0 Å². The third kappa shape index (κ3) is 5.22. The zero-order chi connectivity index (χ0) is 16.8. The van der Waals surface area contributed by atoms with Crippen LogP contribution >= 0.6 is 28.1 Å². The van der Waals surface area contributed by atoms with E-state index in [1.807, 2.05) is 30.3 Å². The van der Waals surface area contributed by atoms with Crippen molar-refractivity contribution in [2.24, 2.45) is 5.73 Å². The van der Waals surface area contributed by atoms with Crippen LogP contribution in [0.3, 0.4) is 0 Å². The highest BCUT2D eigenvalue weighted by atomic mass is 79.9. The summed E-state index contributed by atoms with van der Waals surface area (Å²) in [5.74, 6) is 2.02. The van der Waals surface area contributed by atoms with Gasteiger partial charge in [-0.25, -0.2) is 0 Å². The first kappa shape index (κ1) is 17.8. The topological polar surface area (TPSA) is 44.5 Å². The van der Waals surface area contributed by atoms with Crippen LogP contribution < -0.4 is 15.2 Å². The smallest absolute Gasteiger partial charge is 0.129 e. The second kappa shape index (κ2) is 8.31. The molecule has 2 rings (SSSR count). The Morgan fingerprint density at radius 1 is 1.09 bits per heavy atom. The predicted octanol–water partition coefficient (Wildman–Crippen LogP) is 4.66. The Morgan fingerprint density at radius 2 is 1.74 bits per heavy atom. The molecule has 0 aliphatic carbocycles. The molecule has 0 atom stereocenters. The number of hydrogen-bond donors (Lipinski definition) is 1. The molecular weight excluding hydrogens is 374 g/mol. The summed E-state index contributed by atoms with van der Waals surface area (Å²) >= 11 is 8.44. The molecule has 0 spiro atoms. The zero-order valence-corrected chi connectivity index (χ0v) is 15.6. The third-order valence-electron chi connectivity index (χ3n) is 3.36. The number of benzene rings is 2. The molecule has 2 aromatic carbocycles. The Morgan fingerprint density at radius 3 is 2.35 bits per heavy atom. The summed E-state index contributed by atoms with van der Waals surface area (Å²) in [4.78, 5) is 0.312. The summed E-state index contributed by atoms with van der Waals surface area (Å²) in [5.41, 5.74) is 7.73. The van der Waals surface area contributed by atoms with Crippen LogP contribution in [0.1, 0.15) is 30.9 Å². The highest BCUT2D eigenvalue weighted by molar-refractivity contribution is 9.10. The van der Waals surface area contributed by atoms with Crippen LogP contribution in [0.25, 0.3) is 0 Å². The Labute approximate surface area is 150 Å². The number of hydrogen-bond acceptors (Lipinski definition) is 3. The first-order valence-electron chi connectivity index (χ1n) is 7.42. The minimum Gasteiger partial charge on any atom is -0.490 e. The van der Waals surface area contributed by atoms with Crippen LogP contribution in [0, 0.1) is 0 Å². The van der Waals surface area contributed by atoms with Crippen molar-refractivity contribution < 1.29 is 9.47 Å². The maximum Gasteiger partial charge on any atom is 0.129 e. The summed E-state index contributed by atoms with van der Waals surface area (Å²) in [7, 11) is 0. The Hall–Kier alpha value is -1.59. The van der Waals surface area contributed by atoms with Gasteiger partial charge in [-0.05, 0) is 41.8 Å². The van der Waals surface area contributed by atoms with Gasteiger partial charge in [0, 0.05) is 4.47 Å². The van der Waals surface area contributed by atoms with Crippen molar-refractivity contribution in [3.05, 3.63) is 58.1 Å². The molecule has 122 valence electrons. The van der Waals surface area contributed by atoms with Gasteiger partial charge in [-0.15, -0.1) is 0 Å². The Bertz CT molecular complexity index is 671. The molecule has 2 aromatic rings. The summed E-state index contributed by atoms with van der Waals surface area (Å²) in [6.45, 7) is 5.21. The lowest BCUT2D eigenvalue weighted by atomic mass is 10.0. The Balaban J connectivity index is 1.87. The number of ether oxygens (including phenoxy) is 2. The fourth-order valence-corrected chi connectivity index (χ4v) is 2.60. The van der Waals surface area contributed by atoms with Gasteiger partial charge in [0.2, 0.25) is 0 Å². The van der Waals surface area contributed by atoms with Crippen molar-refractivity contribution in [3.63, 3.8) is 0 Å². The molecule has 0 aliphatic heterocycles. The highest BCUT2D eigenvalue weighted by Gasteiger charge is 2.07. The predicted molar refractivity (Wildman–Crippen MR) is 102 cm³/mol. The third-order valence-corrected chi connectivity index (χ3v) is 4.08. The largest absolute Gasteiger partial charge is 0.490 e. The molecule has 0 radical (unpaired) electrons. The van der Waals surface area contributed by atoms with Gasteiger partial charge in [0.15, 0.2) is 0 Å². The van der Waals surface area contributed by atoms with Crippen LogP contribution in [-0.2, 0) is 0 Å². The fourth-order valence-electron chi connectivity index (χ4n) is 2.08. The molecule has 2 N–H and O–H groups in total. The monoisotopic (exact) mass is 393 g/mol. The molecule has 0 amide bonds. The molecule has 23 heavy (non-hydrogen) atoms. The normalized spacial score (nSPS) is 10.6. The van der Waals surface area contributed by atoms with Crippen molar-refractivity contribution in [2.75, 3.05) is 13.2 Å². The molecule has 3 nitrogen and oxygen atoms in total. The van der Waals surface area contributed by atoms with Crippen LogP contribution in [0.2, 0.25) is 0 Å². The molecule has 0 bridgehead atoms. The first-order chi connectivity index (χ1) is 11.0. The van der Waals surface area contributed by atoms with Crippen LogP contribution in [0.15, 0.2) is 46.9 Å². The van der Waals surface area contributed by atoms with Crippen molar-refractivity contribution in [1.29, 1.82) is 0 Å². The molecule has 5 heteroatoms. The van der Waals surface area contributed by atoms with Crippen LogP contribution in [0.5, 0.6) is 11.5 Å². The van der Waals surface area contributed by atoms with E-state index in [1.54, 1.807) is 0 Å². The summed E-state index contributed by atoms with van der Waals surface area (Å²) in [5, 5.41) is 0. The molecule has 0 unspecified atom stereocenters. The van der Waals surface area contributed by atoms with Crippen molar-refractivity contribution in [2.45, 2.75) is 19.8 Å². The minimum atomic E-state index is 0.312. The second-order valence-corrected chi connectivity index (χ2v) is 6.78. The number of nitrogens with two attached hydrogens (primary N) is 1. The van der Waals surface area contributed by atoms with E-state index in [2.05, 4.69) is 41.9 Å². The van der Waals surface area contributed by atoms with Gasteiger partial charge in [0.05, 0.1) is 5.56 Å². The standard InChI is InChI=1S/C18H20BrNO2S/c1-12(2)13-3-6-15(7-4-13)21-9-10-22-17-8-5-14(19)11-16(17)18(20)23/h3-8,11-12H,9-10H2,1-2H3,(H2,20,23).